The van der Waals surface area contributed by atoms with Crippen molar-refractivity contribution in [2.45, 2.75) is 44.5 Å². The van der Waals surface area contributed by atoms with Crippen LogP contribution >= 0.6 is 11.3 Å². The molecule has 1 N–H and O–H groups in total. The summed E-state index contributed by atoms with van der Waals surface area (Å²) in [7, 11) is -3.07. The Hall–Kier alpha value is -1.08. The number of sulfone groups is 1. The first kappa shape index (κ1) is 16.3. The zero-order valence-electron chi connectivity index (χ0n) is 12.6. The summed E-state index contributed by atoms with van der Waals surface area (Å²) in [4.78, 5) is 14.0. The van der Waals surface area contributed by atoms with E-state index in [9.17, 15) is 13.2 Å². The van der Waals surface area contributed by atoms with Gasteiger partial charge in [-0.3, -0.25) is 0 Å². The van der Waals surface area contributed by atoms with Crippen molar-refractivity contribution in [3.05, 3.63) is 22.4 Å². The molecule has 0 saturated carbocycles. The Kier molecular flexibility index (Phi) is 4.93. The summed E-state index contributed by atoms with van der Waals surface area (Å²) < 4.78 is 23.7. The van der Waals surface area contributed by atoms with Crippen LogP contribution in [-0.2, 0) is 16.3 Å². The zero-order chi connectivity index (χ0) is 15.6. The molecule has 1 saturated heterocycles. The molecule has 1 aromatic rings. The van der Waals surface area contributed by atoms with E-state index < -0.39 is 15.1 Å². The Bertz CT molecular complexity index is 583. The number of amides is 2. The standard InChI is InChI=1S/C14H22N2O3S2/c1-10(8-13-4-6-20-9-13)15-14(17)16-5-7-21(18,19)12(3)11(16)2/h4,6,9-12H,5,7-8H2,1-3H3,(H,15,17). The van der Waals surface area contributed by atoms with Crippen LogP contribution < -0.4 is 5.32 Å². The van der Waals surface area contributed by atoms with Crippen LogP contribution in [-0.4, -0.2) is 49.0 Å². The van der Waals surface area contributed by atoms with Crippen molar-refractivity contribution < 1.29 is 13.2 Å². The number of hydrogen-bond donors (Lipinski definition) is 1. The van der Waals surface area contributed by atoms with Crippen molar-refractivity contribution in [1.82, 2.24) is 10.2 Å². The first-order valence-electron chi connectivity index (χ1n) is 7.11. The van der Waals surface area contributed by atoms with Crippen LogP contribution in [0.2, 0.25) is 0 Å². The number of nitrogens with one attached hydrogen (secondary N) is 1. The summed E-state index contributed by atoms with van der Waals surface area (Å²) in [5.41, 5.74) is 1.20. The molecule has 1 fully saturated rings. The van der Waals surface area contributed by atoms with Gasteiger partial charge in [-0.2, -0.15) is 11.3 Å². The summed E-state index contributed by atoms with van der Waals surface area (Å²) in [6, 6.07) is 1.60. The highest BCUT2D eigenvalue weighted by molar-refractivity contribution is 7.92. The van der Waals surface area contributed by atoms with Crippen LogP contribution in [0.25, 0.3) is 0 Å². The molecule has 5 nitrogen and oxygen atoms in total. The molecule has 0 spiro atoms. The van der Waals surface area contributed by atoms with Gasteiger partial charge in [0.25, 0.3) is 0 Å². The maximum atomic E-state index is 12.3. The monoisotopic (exact) mass is 330 g/mol. The van der Waals surface area contributed by atoms with Crippen LogP contribution in [0.15, 0.2) is 16.8 Å². The molecule has 0 radical (unpaired) electrons. The molecule has 1 aliphatic heterocycles. The Balaban J connectivity index is 1.94. The smallest absolute Gasteiger partial charge is 0.317 e. The summed E-state index contributed by atoms with van der Waals surface area (Å²) in [5, 5.41) is 6.54. The highest BCUT2D eigenvalue weighted by Crippen LogP contribution is 2.19. The fraction of sp³-hybridized carbons (Fsp3) is 0.643. The lowest BCUT2D eigenvalue weighted by Crippen LogP contribution is -2.57. The van der Waals surface area contributed by atoms with Crippen molar-refractivity contribution in [3.8, 4) is 0 Å². The third-order valence-electron chi connectivity index (χ3n) is 4.11. The lowest BCUT2D eigenvalue weighted by Gasteiger charge is -2.38. The van der Waals surface area contributed by atoms with E-state index in [0.29, 0.717) is 0 Å². The third kappa shape index (κ3) is 3.77. The molecule has 2 rings (SSSR count). The summed E-state index contributed by atoms with van der Waals surface area (Å²) in [6.07, 6.45) is 0.783. The van der Waals surface area contributed by atoms with Crippen molar-refractivity contribution in [3.63, 3.8) is 0 Å². The number of urea groups is 1. The van der Waals surface area contributed by atoms with E-state index in [4.69, 9.17) is 0 Å². The lowest BCUT2D eigenvalue weighted by atomic mass is 10.1. The van der Waals surface area contributed by atoms with Crippen molar-refractivity contribution in [2.24, 2.45) is 0 Å². The number of nitrogens with zero attached hydrogens (tertiary/aromatic N) is 1. The fourth-order valence-electron chi connectivity index (χ4n) is 2.56. The van der Waals surface area contributed by atoms with Crippen LogP contribution in [0.1, 0.15) is 26.3 Å². The largest absolute Gasteiger partial charge is 0.335 e. The molecular formula is C14H22N2O3S2. The van der Waals surface area contributed by atoms with E-state index in [2.05, 4.69) is 10.7 Å². The molecule has 1 aliphatic rings. The number of carbonyl (C=O) groups is 1. The topological polar surface area (TPSA) is 66.5 Å². The van der Waals surface area contributed by atoms with E-state index in [0.717, 1.165) is 6.42 Å². The summed E-state index contributed by atoms with van der Waals surface area (Å²) in [5.74, 6) is 0.0465. The van der Waals surface area contributed by atoms with E-state index in [1.807, 2.05) is 18.4 Å². The van der Waals surface area contributed by atoms with Crippen LogP contribution in [0, 0.1) is 0 Å². The van der Waals surface area contributed by atoms with E-state index >= 15 is 0 Å². The average molecular weight is 330 g/mol. The molecular weight excluding hydrogens is 308 g/mol. The molecule has 0 bridgehead atoms. The molecule has 2 heterocycles. The van der Waals surface area contributed by atoms with Gasteiger partial charge >= 0.3 is 6.03 Å². The van der Waals surface area contributed by atoms with Gasteiger partial charge in [0.05, 0.1) is 11.0 Å². The normalized spacial score (nSPS) is 26.3. The SMILES string of the molecule is CC(Cc1ccsc1)NC(=O)N1CCS(=O)(=O)C(C)C1C. The van der Waals surface area contributed by atoms with Crippen LogP contribution in [0.4, 0.5) is 4.79 Å². The minimum Gasteiger partial charge on any atom is -0.335 e. The molecule has 7 heteroatoms. The Morgan fingerprint density at radius 3 is 2.86 bits per heavy atom. The third-order valence-corrected chi connectivity index (χ3v) is 7.12. The van der Waals surface area contributed by atoms with Gasteiger partial charge in [-0.15, -0.1) is 0 Å². The second-order valence-corrected chi connectivity index (χ2v) is 8.95. The predicted octanol–water partition coefficient (Wildman–Crippen LogP) is 1.90. The zero-order valence-corrected chi connectivity index (χ0v) is 14.2. The molecule has 118 valence electrons. The van der Waals surface area contributed by atoms with E-state index in [-0.39, 0.29) is 30.4 Å². The maximum absolute atomic E-state index is 12.3. The summed E-state index contributed by atoms with van der Waals surface area (Å²) in [6.45, 7) is 5.70. The second kappa shape index (κ2) is 6.36. The minimum absolute atomic E-state index is 0.0214. The van der Waals surface area contributed by atoms with Crippen molar-refractivity contribution >= 4 is 27.2 Å². The van der Waals surface area contributed by atoms with E-state index in [1.165, 1.54) is 5.56 Å². The van der Waals surface area contributed by atoms with Gasteiger partial charge in [0.1, 0.15) is 0 Å². The molecule has 3 atom stereocenters. The van der Waals surface area contributed by atoms with Crippen molar-refractivity contribution in [1.29, 1.82) is 0 Å². The lowest BCUT2D eigenvalue weighted by molar-refractivity contribution is 0.175. The average Bonchev–Trinajstić information content (AvgIpc) is 2.88. The first-order chi connectivity index (χ1) is 9.81. The maximum Gasteiger partial charge on any atom is 0.317 e. The van der Waals surface area contributed by atoms with Gasteiger partial charge in [-0.25, -0.2) is 13.2 Å². The molecule has 0 aromatic carbocycles. The second-order valence-electron chi connectivity index (χ2n) is 5.69. The molecule has 21 heavy (non-hydrogen) atoms. The number of thiophene rings is 1. The number of rotatable bonds is 3. The first-order valence-corrected chi connectivity index (χ1v) is 9.77. The Morgan fingerprint density at radius 1 is 1.52 bits per heavy atom. The highest BCUT2D eigenvalue weighted by atomic mass is 32.2. The number of hydrogen-bond acceptors (Lipinski definition) is 4. The highest BCUT2D eigenvalue weighted by Gasteiger charge is 2.38. The molecule has 1 aromatic heterocycles. The van der Waals surface area contributed by atoms with Gasteiger partial charge in [0.2, 0.25) is 0 Å². The van der Waals surface area contributed by atoms with Crippen LogP contribution in [0.5, 0.6) is 0 Å². The Labute approximate surface area is 130 Å². The van der Waals surface area contributed by atoms with Crippen molar-refractivity contribution in [2.75, 3.05) is 12.3 Å². The molecule has 2 amide bonds. The predicted molar refractivity (Wildman–Crippen MR) is 85.4 cm³/mol. The van der Waals surface area contributed by atoms with E-state index in [1.54, 1.807) is 30.1 Å². The molecule has 3 unspecified atom stereocenters. The minimum atomic E-state index is -3.07. The molecule has 0 aliphatic carbocycles. The van der Waals surface area contributed by atoms with Crippen LogP contribution in [0.3, 0.4) is 0 Å². The summed E-state index contributed by atoms with van der Waals surface area (Å²) >= 11 is 1.64. The quantitative estimate of drug-likeness (QED) is 0.920. The Morgan fingerprint density at radius 2 is 2.24 bits per heavy atom. The number of carbonyl (C=O) groups excluding carboxylic acids is 1. The van der Waals surface area contributed by atoms with Gasteiger partial charge in [-0.05, 0) is 49.6 Å². The fourth-order valence-corrected chi connectivity index (χ4v) is 4.81. The van der Waals surface area contributed by atoms with Gasteiger partial charge in [0.15, 0.2) is 9.84 Å². The van der Waals surface area contributed by atoms with Gasteiger partial charge in [0, 0.05) is 18.6 Å². The van der Waals surface area contributed by atoms with Gasteiger partial charge in [-0.1, -0.05) is 0 Å². The van der Waals surface area contributed by atoms with Gasteiger partial charge < -0.3 is 10.2 Å².